The lowest BCUT2D eigenvalue weighted by Crippen LogP contribution is -2.23. The minimum absolute atomic E-state index is 0.0569. The maximum atomic E-state index is 12.7. The summed E-state index contributed by atoms with van der Waals surface area (Å²) in [5.74, 6) is -2.48. The van der Waals surface area contributed by atoms with Crippen LogP contribution < -0.4 is 0 Å². The first kappa shape index (κ1) is 13.4. The Morgan fingerprint density at radius 1 is 1.24 bits per heavy atom. The molecule has 1 aromatic carbocycles. The highest BCUT2D eigenvalue weighted by atomic mass is 19.1. The fourth-order valence-corrected chi connectivity index (χ4v) is 1.56. The highest BCUT2D eigenvalue weighted by molar-refractivity contribution is 5.97. The van der Waals surface area contributed by atoms with Crippen LogP contribution in [0.15, 0.2) is 24.3 Å². The van der Waals surface area contributed by atoms with Crippen molar-refractivity contribution in [2.45, 2.75) is 20.3 Å². The van der Waals surface area contributed by atoms with E-state index in [1.165, 1.54) is 24.3 Å². The summed E-state index contributed by atoms with van der Waals surface area (Å²) in [5, 5.41) is 8.97. The fourth-order valence-electron chi connectivity index (χ4n) is 1.56. The number of benzene rings is 1. The summed E-state index contributed by atoms with van der Waals surface area (Å²) in [6.45, 7) is 3.52. The van der Waals surface area contributed by atoms with Crippen LogP contribution in [0.3, 0.4) is 0 Å². The van der Waals surface area contributed by atoms with Gasteiger partial charge < -0.3 is 5.11 Å². The third kappa shape index (κ3) is 3.66. The van der Waals surface area contributed by atoms with Gasteiger partial charge in [0.1, 0.15) is 5.82 Å². The molecule has 1 aromatic rings. The number of carboxylic acids is 1. The lowest BCUT2D eigenvalue weighted by Gasteiger charge is -2.15. The second-order valence-electron chi connectivity index (χ2n) is 4.32. The lowest BCUT2D eigenvalue weighted by atomic mass is 9.89. The number of hydrogen-bond acceptors (Lipinski definition) is 2. The molecule has 0 radical (unpaired) electrons. The van der Waals surface area contributed by atoms with E-state index in [1.807, 2.05) is 0 Å². The van der Waals surface area contributed by atoms with E-state index < -0.39 is 17.7 Å². The number of halogens is 1. The van der Waals surface area contributed by atoms with Crippen LogP contribution in [0.1, 0.15) is 30.6 Å². The Morgan fingerprint density at radius 3 is 2.18 bits per heavy atom. The first-order valence-corrected chi connectivity index (χ1v) is 5.43. The predicted molar refractivity (Wildman–Crippen MR) is 61.3 cm³/mol. The van der Waals surface area contributed by atoms with Crippen molar-refractivity contribution in [1.82, 2.24) is 0 Å². The van der Waals surface area contributed by atoms with Crippen molar-refractivity contribution in [1.29, 1.82) is 0 Å². The van der Waals surface area contributed by atoms with Gasteiger partial charge in [-0.3, -0.25) is 9.59 Å². The first-order valence-electron chi connectivity index (χ1n) is 5.43. The molecule has 0 aliphatic heterocycles. The van der Waals surface area contributed by atoms with Gasteiger partial charge in [0.05, 0.1) is 5.92 Å². The van der Waals surface area contributed by atoms with Crippen molar-refractivity contribution in [3.63, 3.8) is 0 Å². The van der Waals surface area contributed by atoms with Gasteiger partial charge in [-0.1, -0.05) is 13.8 Å². The SMILES string of the molecule is CC(C)C(CC(=O)c1ccc(F)cc1)C(=O)O. The highest BCUT2D eigenvalue weighted by Gasteiger charge is 2.24. The molecule has 0 aromatic heterocycles. The number of hydrogen-bond donors (Lipinski definition) is 1. The molecule has 0 fully saturated rings. The number of Topliss-reactive ketones (excluding diaryl/α,β-unsaturated/α-hetero) is 1. The molecule has 0 aliphatic carbocycles. The molecule has 0 amide bonds. The van der Waals surface area contributed by atoms with Gasteiger partial charge in [-0.15, -0.1) is 0 Å². The Kier molecular flexibility index (Phi) is 4.37. The second-order valence-corrected chi connectivity index (χ2v) is 4.32. The second kappa shape index (κ2) is 5.57. The molecular weight excluding hydrogens is 223 g/mol. The van der Waals surface area contributed by atoms with Crippen LogP contribution in [0, 0.1) is 17.7 Å². The smallest absolute Gasteiger partial charge is 0.307 e. The summed E-state index contributed by atoms with van der Waals surface area (Å²) in [6.07, 6.45) is -0.0569. The van der Waals surface area contributed by atoms with Crippen molar-refractivity contribution in [2.24, 2.45) is 11.8 Å². The van der Waals surface area contributed by atoms with Crippen LogP contribution in [0.2, 0.25) is 0 Å². The zero-order valence-corrected chi connectivity index (χ0v) is 9.81. The predicted octanol–water partition coefficient (Wildman–Crippen LogP) is 2.76. The fraction of sp³-hybridized carbons (Fsp3) is 0.385. The van der Waals surface area contributed by atoms with Crippen LogP contribution in [-0.2, 0) is 4.79 Å². The topological polar surface area (TPSA) is 54.4 Å². The van der Waals surface area contributed by atoms with Crippen molar-refractivity contribution >= 4 is 11.8 Å². The minimum Gasteiger partial charge on any atom is -0.481 e. The maximum Gasteiger partial charge on any atom is 0.307 e. The molecule has 17 heavy (non-hydrogen) atoms. The van der Waals surface area contributed by atoms with Gasteiger partial charge in [0.2, 0.25) is 0 Å². The molecule has 1 unspecified atom stereocenters. The van der Waals surface area contributed by atoms with E-state index in [2.05, 4.69) is 0 Å². The number of aliphatic carboxylic acids is 1. The molecule has 3 nitrogen and oxygen atoms in total. The molecule has 1 atom stereocenters. The number of carbonyl (C=O) groups excluding carboxylic acids is 1. The van der Waals surface area contributed by atoms with E-state index in [0.717, 1.165) is 0 Å². The van der Waals surface area contributed by atoms with Gasteiger partial charge in [-0.25, -0.2) is 4.39 Å². The van der Waals surface area contributed by atoms with Crippen molar-refractivity contribution < 1.29 is 19.1 Å². The molecule has 0 heterocycles. The van der Waals surface area contributed by atoms with Crippen LogP contribution in [-0.4, -0.2) is 16.9 Å². The third-order valence-corrected chi connectivity index (χ3v) is 2.69. The average Bonchev–Trinajstić information content (AvgIpc) is 2.25. The standard InChI is InChI=1S/C13H15FO3/c1-8(2)11(13(16)17)7-12(15)9-3-5-10(14)6-4-9/h3-6,8,11H,7H2,1-2H3,(H,16,17). The molecule has 4 heteroatoms. The zero-order chi connectivity index (χ0) is 13.0. The molecule has 0 saturated heterocycles. The Hall–Kier alpha value is -1.71. The van der Waals surface area contributed by atoms with Gasteiger partial charge in [0.15, 0.2) is 5.78 Å². The Labute approximate surface area is 99.3 Å². The number of carboxylic acid groups (broad SMARTS) is 1. The maximum absolute atomic E-state index is 12.7. The summed E-state index contributed by atoms with van der Waals surface area (Å²) in [4.78, 5) is 22.7. The lowest BCUT2D eigenvalue weighted by molar-refractivity contribution is -0.143. The number of carbonyl (C=O) groups is 2. The molecule has 0 saturated carbocycles. The van der Waals surface area contributed by atoms with Crippen molar-refractivity contribution in [3.05, 3.63) is 35.6 Å². The van der Waals surface area contributed by atoms with Gasteiger partial charge in [-0.2, -0.15) is 0 Å². The van der Waals surface area contributed by atoms with Gasteiger partial charge in [0.25, 0.3) is 0 Å². The summed E-state index contributed by atoms with van der Waals surface area (Å²) >= 11 is 0. The van der Waals surface area contributed by atoms with E-state index in [1.54, 1.807) is 13.8 Å². The Balaban J connectivity index is 2.77. The van der Waals surface area contributed by atoms with Crippen LogP contribution in [0.25, 0.3) is 0 Å². The van der Waals surface area contributed by atoms with Gasteiger partial charge in [0, 0.05) is 12.0 Å². The Bertz CT molecular complexity index is 409. The van der Waals surface area contributed by atoms with E-state index >= 15 is 0 Å². The van der Waals surface area contributed by atoms with E-state index in [0.29, 0.717) is 5.56 Å². The zero-order valence-electron chi connectivity index (χ0n) is 9.81. The van der Waals surface area contributed by atoms with Crippen LogP contribution in [0.5, 0.6) is 0 Å². The summed E-state index contributed by atoms with van der Waals surface area (Å²) < 4.78 is 12.7. The van der Waals surface area contributed by atoms with Crippen LogP contribution in [0.4, 0.5) is 4.39 Å². The first-order chi connectivity index (χ1) is 7.91. The molecule has 1 N–H and O–H groups in total. The highest BCUT2D eigenvalue weighted by Crippen LogP contribution is 2.18. The molecule has 1 rings (SSSR count). The number of rotatable bonds is 5. The van der Waals surface area contributed by atoms with Gasteiger partial charge >= 0.3 is 5.97 Å². The van der Waals surface area contributed by atoms with Gasteiger partial charge in [-0.05, 0) is 30.2 Å². The summed E-state index contributed by atoms with van der Waals surface area (Å²) in [6, 6.07) is 5.13. The quantitative estimate of drug-likeness (QED) is 0.802. The molecule has 92 valence electrons. The number of ketones is 1. The van der Waals surface area contributed by atoms with E-state index in [-0.39, 0.29) is 18.1 Å². The van der Waals surface area contributed by atoms with Crippen molar-refractivity contribution in [3.8, 4) is 0 Å². The Morgan fingerprint density at radius 2 is 1.76 bits per heavy atom. The van der Waals surface area contributed by atoms with Crippen molar-refractivity contribution in [2.75, 3.05) is 0 Å². The summed E-state index contributed by atoms with van der Waals surface area (Å²) in [5.41, 5.74) is 0.346. The molecule has 0 spiro atoms. The van der Waals surface area contributed by atoms with Crippen LogP contribution >= 0.6 is 0 Å². The molecular formula is C13H15FO3. The largest absolute Gasteiger partial charge is 0.481 e. The molecule has 0 aliphatic rings. The molecule has 0 bridgehead atoms. The average molecular weight is 238 g/mol. The minimum atomic E-state index is -0.976. The monoisotopic (exact) mass is 238 g/mol. The van der Waals surface area contributed by atoms with E-state index in [9.17, 15) is 14.0 Å². The normalized spacial score (nSPS) is 12.5. The van der Waals surface area contributed by atoms with E-state index in [4.69, 9.17) is 5.11 Å². The summed E-state index contributed by atoms with van der Waals surface area (Å²) in [7, 11) is 0. The third-order valence-electron chi connectivity index (χ3n) is 2.69.